The summed E-state index contributed by atoms with van der Waals surface area (Å²) in [5.41, 5.74) is 1.94. The van der Waals surface area contributed by atoms with Gasteiger partial charge in [-0.15, -0.1) is 11.3 Å². The number of nitrogens with one attached hydrogen (secondary N) is 1. The maximum absolute atomic E-state index is 11.9. The van der Waals surface area contributed by atoms with Crippen molar-refractivity contribution in [2.45, 2.75) is 6.92 Å². The molecule has 2 aromatic rings. The second-order valence-corrected chi connectivity index (χ2v) is 6.32. The molecular weight excluding hydrogens is 330 g/mol. The first-order chi connectivity index (χ1) is 11.4. The van der Waals surface area contributed by atoms with Gasteiger partial charge < -0.3 is 15.5 Å². The molecule has 0 radical (unpaired) electrons. The van der Waals surface area contributed by atoms with Crippen LogP contribution in [0.5, 0.6) is 0 Å². The van der Waals surface area contributed by atoms with E-state index in [-0.39, 0.29) is 23.9 Å². The lowest BCUT2D eigenvalue weighted by Gasteiger charge is -2.14. The Balaban J connectivity index is 2.04. The number of aryl methyl sites for hydroxylation is 1. The SMILES string of the molecule is Cc1nc(-c2ccc(NC(=O)CN(C)CCO)cc2)sc1C(=O)O. The first-order valence-corrected chi connectivity index (χ1v) is 8.12. The lowest BCUT2D eigenvalue weighted by atomic mass is 10.2. The molecule has 2 rings (SSSR count). The number of aromatic nitrogens is 1. The standard InChI is InChI=1S/C16H19N3O4S/c1-10-14(16(22)23)24-15(17-10)11-3-5-12(6-4-11)18-13(21)9-19(2)7-8-20/h3-6,20H,7-9H2,1-2H3,(H,18,21)(H,22,23). The summed E-state index contributed by atoms with van der Waals surface area (Å²) in [7, 11) is 1.75. The lowest BCUT2D eigenvalue weighted by Crippen LogP contribution is -2.32. The van der Waals surface area contributed by atoms with Crippen LogP contribution in [0.4, 0.5) is 5.69 Å². The van der Waals surface area contributed by atoms with Gasteiger partial charge in [-0.1, -0.05) is 0 Å². The lowest BCUT2D eigenvalue weighted by molar-refractivity contribution is -0.117. The van der Waals surface area contributed by atoms with E-state index in [0.717, 1.165) is 16.9 Å². The summed E-state index contributed by atoms with van der Waals surface area (Å²) in [5, 5.41) is 21.3. The van der Waals surface area contributed by atoms with E-state index in [2.05, 4.69) is 10.3 Å². The van der Waals surface area contributed by atoms with Crippen LogP contribution in [0.15, 0.2) is 24.3 Å². The minimum absolute atomic E-state index is 0.00401. The normalized spacial score (nSPS) is 10.8. The Morgan fingerprint density at radius 3 is 2.50 bits per heavy atom. The van der Waals surface area contributed by atoms with Gasteiger partial charge in [0, 0.05) is 17.8 Å². The van der Waals surface area contributed by atoms with Crippen LogP contribution in [0.2, 0.25) is 0 Å². The second-order valence-electron chi connectivity index (χ2n) is 5.33. The molecule has 1 heterocycles. The van der Waals surface area contributed by atoms with Crippen molar-refractivity contribution in [3.05, 3.63) is 34.8 Å². The summed E-state index contributed by atoms with van der Waals surface area (Å²) in [4.78, 5) is 29.2. The molecule has 0 saturated carbocycles. The Kier molecular flexibility index (Phi) is 6.02. The van der Waals surface area contributed by atoms with Crippen LogP contribution < -0.4 is 5.32 Å². The van der Waals surface area contributed by atoms with Gasteiger partial charge >= 0.3 is 5.97 Å². The number of amides is 1. The second kappa shape index (κ2) is 8.00. The molecule has 0 atom stereocenters. The molecule has 3 N–H and O–H groups in total. The average Bonchev–Trinajstić information content (AvgIpc) is 2.90. The first-order valence-electron chi connectivity index (χ1n) is 7.31. The summed E-state index contributed by atoms with van der Waals surface area (Å²) in [6, 6.07) is 7.07. The van der Waals surface area contributed by atoms with Gasteiger partial charge in [-0.25, -0.2) is 9.78 Å². The molecule has 0 saturated heterocycles. The van der Waals surface area contributed by atoms with Crippen molar-refractivity contribution in [3.63, 3.8) is 0 Å². The number of anilines is 1. The van der Waals surface area contributed by atoms with Crippen LogP contribution in [0, 0.1) is 6.92 Å². The monoisotopic (exact) mass is 349 g/mol. The first kappa shape index (κ1) is 18.1. The van der Waals surface area contributed by atoms with Crippen LogP contribution in [-0.4, -0.2) is 58.7 Å². The number of carbonyl (C=O) groups is 2. The number of carboxylic acids is 1. The molecule has 1 aromatic carbocycles. The molecule has 24 heavy (non-hydrogen) atoms. The topological polar surface area (TPSA) is 103 Å². The molecule has 0 aliphatic rings. The number of aliphatic hydroxyl groups excluding tert-OH is 1. The number of carboxylic acid groups (broad SMARTS) is 1. The number of nitrogens with zero attached hydrogens (tertiary/aromatic N) is 2. The Morgan fingerprint density at radius 1 is 1.29 bits per heavy atom. The number of aliphatic hydroxyl groups is 1. The summed E-state index contributed by atoms with van der Waals surface area (Å²) in [6.07, 6.45) is 0. The van der Waals surface area contributed by atoms with E-state index < -0.39 is 5.97 Å². The minimum Gasteiger partial charge on any atom is -0.477 e. The largest absolute Gasteiger partial charge is 0.477 e. The maximum atomic E-state index is 11.9. The number of rotatable bonds is 7. The third kappa shape index (κ3) is 4.60. The van der Waals surface area contributed by atoms with Gasteiger partial charge in [0.05, 0.1) is 18.8 Å². The van der Waals surface area contributed by atoms with Crippen molar-refractivity contribution in [3.8, 4) is 10.6 Å². The Morgan fingerprint density at radius 2 is 1.96 bits per heavy atom. The number of hydrogen-bond donors (Lipinski definition) is 3. The zero-order valence-electron chi connectivity index (χ0n) is 13.4. The number of thiazole rings is 1. The predicted molar refractivity (Wildman–Crippen MR) is 92.5 cm³/mol. The fourth-order valence-electron chi connectivity index (χ4n) is 2.11. The Labute approximate surface area is 143 Å². The van der Waals surface area contributed by atoms with E-state index in [0.29, 0.717) is 22.9 Å². The highest BCUT2D eigenvalue weighted by atomic mass is 32.1. The zero-order valence-corrected chi connectivity index (χ0v) is 14.3. The molecule has 1 amide bonds. The third-order valence-electron chi connectivity index (χ3n) is 3.30. The molecule has 0 unspecified atom stereocenters. The van der Waals surface area contributed by atoms with Crippen LogP contribution in [0.1, 0.15) is 15.4 Å². The smallest absolute Gasteiger partial charge is 0.347 e. The highest BCUT2D eigenvalue weighted by molar-refractivity contribution is 7.17. The zero-order chi connectivity index (χ0) is 17.7. The summed E-state index contributed by atoms with van der Waals surface area (Å²) >= 11 is 1.13. The van der Waals surface area contributed by atoms with Crippen molar-refractivity contribution in [1.82, 2.24) is 9.88 Å². The van der Waals surface area contributed by atoms with Gasteiger partial charge in [0.2, 0.25) is 5.91 Å². The van der Waals surface area contributed by atoms with Gasteiger partial charge in [0.15, 0.2) is 0 Å². The summed E-state index contributed by atoms with van der Waals surface area (Å²) < 4.78 is 0. The molecule has 0 fully saturated rings. The highest BCUT2D eigenvalue weighted by Gasteiger charge is 2.15. The van der Waals surface area contributed by atoms with Crippen molar-refractivity contribution in [2.75, 3.05) is 32.1 Å². The molecule has 8 heteroatoms. The van der Waals surface area contributed by atoms with E-state index >= 15 is 0 Å². The molecule has 0 bridgehead atoms. The predicted octanol–water partition coefficient (Wildman–Crippen LogP) is 1.68. The number of likely N-dealkylation sites (N-methyl/N-ethyl adjacent to an activating group) is 1. The average molecular weight is 349 g/mol. The van der Waals surface area contributed by atoms with Gasteiger partial charge in [-0.05, 0) is 38.2 Å². The fourth-order valence-corrected chi connectivity index (χ4v) is 3.02. The Bertz CT molecular complexity index is 727. The van der Waals surface area contributed by atoms with Crippen molar-refractivity contribution >= 4 is 28.9 Å². The van der Waals surface area contributed by atoms with Gasteiger partial charge in [-0.3, -0.25) is 9.69 Å². The van der Waals surface area contributed by atoms with E-state index in [4.69, 9.17) is 10.2 Å². The fraction of sp³-hybridized carbons (Fsp3) is 0.312. The highest BCUT2D eigenvalue weighted by Crippen LogP contribution is 2.28. The molecular formula is C16H19N3O4S. The maximum Gasteiger partial charge on any atom is 0.347 e. The minimum atomic E-state index is -0.980. The van der Waals surface area contributed by atoms with Crippen LogP contribution in [0.3, 0.4) is 0 Å². The summed E-state index contributed by atoms with van der Waals surface area (Å²) in [6.45, 7) is 2.29. The molecule has 7 nitrogen and oxygen atoms in total. The van der Waals surface area contributed by atoms with Crippen molar-refractivity contribution < 1.29 is 19.8 Å². The quantitative estimate of drug-likeness (QED) is 0.703. The molecule has 0 spiro atoms. The number of benzene rings is 1. The summed E-state index contributed by atoms with van der Waals surface area (Å²) in [5.74, 6) is -1.15. The Hall–Kier alpha value is -2.29. The molecule has 1 aromatic heterocycles. The van der Waals surface area contributed by atoms with Gasteiger partial charge in [0.1, 0.15) is 9.88 Å². The molecule has 128 valence electrons. The van der Waals surface area contributed by atoms with E-state index in [1.165, 1.54) is 0 Å². The van der Waals surface area contributed by atoms with E-state index in [1.807, 2.05) is 0 Å². The molecule has 0 aliphatic carbocycles. The van der Waals surface area contributed by atoms with Gasteiger partial charge in [0.25, 0.3) is 0 Å². The number of hydrogen-bond acceptors (Lipinski definition) is 6. The molecule has 0 aliphatic heterocycles. The number of carbonyl (C=O) groups excluding carboxylic acids is 1. The van der Waals surface area contributed by atoms with Gasteiger partial charge in [-0.2, -0.15) is 0 Å². The van der Waals surface area contributed by atoms with Crippen molar-refractivity contribution in [2.24, 2.45) is 0 Å². The van der Waals surface area contributed by atoms with E-state index in [9.17, 15) is 9.59 Å². The van der Waals surface area contributed by atoms with Crippen LogP contribution >= 0.6 is 11.3 Å². The number of aromatic carboxylic acids is 1. The van der Waals surface area contributed by atoms with Crippen LogP contribution in [-0.2, 0) is 4.79 Å². The third-order valence-corrected chi connectivity index (χ3v) is 4.50. The van der Waals surface area contributed by atoms with E-state index in [1.54, 1.807) is 43.1 Å². The van der Waals surface area contributed by atoms with Crippen molar-refractivity contribution in [1.29, 1.82) is 0 Å². The van der Waals surface area contributed by atoms with Crippen LogP contribution in [0.25, 0.3) is 10.6 Å².